The zero-order valence-electron chi connectivity index (χ0n) is 18.2. The van der Waals surface area contributed by atoms with Crippen molar-refractivity contribution in [3.05, 3.63) is 84.2 Å². The summed E-state index contributed by atoms with van der Waals surface area (Å²) >= 11 is 0. The predicted molar refractivity (Wildman–Crippen MR) is 126 cm³/mol. The van der Waals surface area contributed by atoms with E-state index in [4.69, 9.17) is 0 Å². The molecule has 0 saturated carbocycles. The molecule has 0 spiro atoms. The summed E-state index contributed by atoms with van der Waals surface area (Å²) in [5.74, 6) is 0.544. The molecule has 0 saturated heterocycles. The van der Waals surface area contributed by atoms with E-state index in [9.17, 15) is 9.90 Å². The fourth-order valence-electron chi connectivity index (χ4n) is 3.17. The molecular formula is C24H30N6O2. The third-order valence-corrected chi connectivity index (χ3v) is 4.73. The van der Waals surface area contributed by atoms with Gasteiger partial charge in [0.25, 0.3) is 0 Å². The molecule has 0 aliphatic rings. The number of aliphatic hydroxyl groups excluding tert-OH is 1. The number of rotatable bonds is 10. The van der Waals surface area contributed by atoms with Gasteiger partial charge in [0, 0.05) is 31.2 Å². The Morgan fingerprint density at radius 2 is 1.97 bits per heavy atom. The SMILES string of the molecule is CCNC(=NCc1cccc(NC(=O)Cn2cccn2)c1)NCCC(O)c1ccccc1. The van der Waals surface area contributed by atoms with Gasteiger partial charge in [-0.3, -0.25) is 9.48 Å². The lowest BCUT2D eigenvalue weighted by Gasteiger charge is -2.14. The quantitative estimate of drug-likeness (QED) is 0.290. The molecule has 168 valence electrons. The van der Waals surface area contributed by atoms with E-state index in [-0.39, 0.29) is 12.5 Å². The zero-order chi connectivity index (χ0) is 22.6. The van der Waals surface area contributed by atoms with Crippen LogP contribution in [0.5, 0.6) is 0 Å². The van der Waals surface area contributed by atoms with Crippen molar-refractivity contribution < 1.29 is 9.90 Å². The number of nitrogens with one attached hydrogen (secondary N) is 3. The van der Waals surface area contributed by atoms with Crippen molar-refractivity contribution in [2.45, 2.75) is 32.5 Å². The molecule has 0 fully saturated rings. The maximum Gasteiger partial charge on any atom is 0.246 e. The van der Waals surface area contributed by atoms with Crippen molar-refractivity contribution in [2.75, 3.05) is 18.4 Å². The van der Waals surface area contributed by atoms with Crippen molar-refractivity contribution >= 4 is 17.6 Å². The number of nitrogens with zero attached hydrogens (tertiary/aromatic N) is 3. The second kappa shape index (κ2) is 12.3. The van der Waals surface area contributed by atoms with Gasteiger partial charge in [0.15, 0.2) is 5.96 Å². The van der Waals surface area contributed by atoms with Crippen LogP contribution < -0.4 is 16.0 Å². The van der Waals surface area contributed by atoms with E-state index in [2.05, 4.69) is 26.0 Å². The molecule has 1 aromatic heterocycles. The third kappa shape index (κ3) is 7.55. The summed E-state index contributed by atoms with van der Waals surface area (Å²) in [6, 6.07) is 19.0. The van der Waals surface area contributed by atoms with Gasteiger partial charge >= 0.3 is 0 Å². The van der Waals surface area contributed by atoms with E-state index in [1.807, 2.05) is 61.5 Å². The normalized spacial score (nSPS) is 12.2. The van der Waals surface area contributed by atoms with Gasteiger partial charge in [-0.1, -0.05) is 42.5 Å². The maximum atomic E-state index is 12.2. The smallest absolute Gasteiger partial charge is 0.246 e. The van der Waals surface area contributed by atoms with E-state index >= 15 is 0 Å². The second-order valence-electron chi connectivity index (χ2n) is 7.29. The van der Waals surface area contributed by atoms with Gasteiger partial charge in [-0.05, 0) is 42.7 Å². The Hall–Kier alpha value is -3.65. The van der Waals surface area contributed by atoms with Crippen LogP contribution >= 0.6 is 0 Å². The molecule has 1 heterocycles. The van der Waals surface area contributed by atoms with Crippen LogP contribution in [0.15, 0.2) is 78.0 Å². The number of hydrogen-bond acceptors (Lipinski definition) is 4. The van der Waals surface area contributed by atoms with Crippen molar-refractivity contribution in [2.24, 2.45) is 4.99 Å². The first-order valence-electron chi connectivity index (χ1n) is 10.8. The molecule has 0 aliphatic carbocycles. The summed E-state index contributed by atoms with van der Waals surface area (Å²) in [6.07, 6.45) is 3.45. The lowest BCUT2D eigenvalue weighted by atomic mass is 10.1. The van der Waals surface area contributed by atoms with Crippen LogP contribution in [-0.2, 0) is 17.9 Å². The fourth-order valence-corrected chi connectivity index (χ4v) is 3.17. The highest BCUT2D eigenvalue weighted by Crippen LogP contribution is 2.15. The molecule has 2 aromatic carbocycles. The molecule has 8 nitrogen and oxygen atoms in total. The third-order valence-electron chi connectivity index (χ3n) is 4.73. The minimum absolute atomic E-state index is 0.138. The Morgan fingerprint density at radius 3 is 2.72 bits per heavy atom. The molecule has 32 heavy (non-hydrogen) atoms. The molecule has 1 amide bonds. The Kier molecular flexibility index (Phi) is 8.82. The van der Waals surface area contributed by atoms with Crippen LogP contribution in [0, 0.1) is 0 Å². The summed E-state index contributed by atoms with van der Waals surface area (Å²) in [4.78, 5) is 16.8. The summed E-state index contributed by atoms with van der Waals surface area (Å²) in [6.45, 7) is 3.95. The van der Waals surface area contributed by atoms with E-state index in [1.54, 1.807) is 23.1 Å². The molecule has 1 unspecified atom stereocenters. The van der Waals surface area contributed by atoms with Crippen LogP contribution in [0.4, 0.5) is 5.69 Å². The molecular weight excluding hydrogens is 404 g/mol. The summed E-state index contributed by atoms with van der Waals surface area (Å²) < 4.78 is 1.58. The summed E-state index contributed by atoms with van der Waals surface area (Å²) in [5.41, 5.74) is 2.60. The lowest BCUT2D eigenvalue weighted by Crippen LogP contribution is -2.38. The number of anilines is 1. The minimum Gasteiger partial charge on any atom is -0.388 e. The number of amides is 1. The molecule has 0 aliphatic heterocycles. The summed E-state index contributed by atoms with van der Waals surface area (Å²) in [5, 5.41) is 23.7. The van der Waals surface area contributed by atoms with E-state index < -0.39 is 6.10 Å². The van der Waals surface area contributed by atoms with Gasteiger partial charge in [-0.2, -0.15) is 5.10 Å². The molecule has 1 atom stereocenters. The number of hydrogen-bond donors (Lipinski definition) is 4. The molecule has 4 N–H and O–H groups in total. The maximum absolute atomic E-state index is 12.2. The standard InChI is InChI=1S/C24H30N6O2/c1-2-25-24(26-14-12-22(31)20-9-4-3-5-10-20)27-17-19-8-6-11-21(16-19)29-23(32)18-30-15-7-13-28-30/h3-11,13,15-16,22,31H,2,12,14,17-18H2,1H3,(H,29,32)(H2,25,26,27). The van der Waals surface area contributed by atoms with Crippen LogP contribution in [0.2, 0.25) is 0 Å². The predicted octanol–water partition coefficient (Wildman–Crippen LogP) is 2.70. The highest BCUT2D eigenvalue weighted by Gasteiger charge is 2.07. The molecule has 3 rings (SSSR count). The van der Waals surface area contributed by atoms with Gasteiger partial charge in [0.2, 0.25) is 5.91 Å². The van der Waals surface area contributed by atoms with E-state index in [1.165, 1.54) is 0 Å². The first-order valence-corrected chi connectivity index (χ1v) is 10.8. The fraction of sp³-hybridized carbons (Fsp3) is 0.292. The number of carbonyl (C=O) groups is 1. The number of aromatic nitrogens is 2. The van der Waals surface area contributed by atoms with E-state index in [0.717, 1.165) is 23.4 Å². The highest BCUT2D eigenvalue weighted by atomic mass is 16.3. The molecule has 8 heteroatoms. The Balaban J connectivity index is 1.51. The number of aliphatic imine (C=N–C) groups is 1. The van der Waals surface area contributed by atoms with Gasteiger partial charge in [-0.15, -0.1) is 0 Å². The van der Waals surface area contributed by atoms with Gasteiger partial charge in [-0.25, -0.2) is 4.99 Å². The Labute approximate surface area is 188 Å². The first kappa shape index (κ1) is 23.0. The molecule has 3 aromatic rings. The largest absolute Gasteiger partial charge is 0.388 e. The van der Waals surface area contributed by atoms with Crippen LogP contribution in [0.25, 0.3) is 0 Å². The monoisotopic (exact) mass is 434 g/mol. The van der Waals surface area contributed by atoms with Gasteiger partial charge in [0.1, 0.15) is 6.54 Å². The van der Waals surface area contributed by atoms with Crippen molar-refractivity contribution in [3.8, 4) is 0 Å². The van der Waals surface area contributed by atoms with Crippen molar-refractivity contribution in [1.29, 1.82) is 0 Å². The Bertz CT molecular complexity index is 989. The lowest BCUT2D eigenvalue weighted by molar-refractivity contribution is -0.116. The average molecular weight is 435 g/mol. The van der Waals surface area contributed by atoms with Crippen LogP contribution in [-0.4, -0.2) is 39.8 Å². The van der Waals surface area contributed by atoms with Crippen LogP contribution in [0.1, 0.15) is 30.6 Å². The highest BCUT2D eigenvalue weighted by molar-refractivity contribution is 5.90. The van der Waals surface area contributed by atoms with Crippen molar-refractivity contribution in [3.63, 3.8) is 0 Å². The minimum atomic E-state index is -0.520. The van der Waals surface area contributed by atoms with Gasteiger partial charge < -0.3 is 21.1 Å². The number of aliphatic hydroxyl groups is 1. The zero-order valence-corrected chi connectivity index (χ0v) is 18.2. The van der Waals surface area contributed by atoms with Gasteiger partial charge in [0.05, 0.1) is 12.6 Å². The topological polar surface area (TPSA) is 104 Å². The van der Waals surface area contributed by atoms with E-state index in [0.29, 0.717) is 25.5 Å². The summed E-state index contributed by atoms with van der Waals surface area (Å²) in [7, 11) is 0. The second-order valence-corrected chi connectivity index (χ2v) is 7.29. The number of carbonyl (C=O) groups excluding carboxylic acids is 1. The van der Waals surface area contributed by atoms with Crippen LogP contribution in [0.3, 0.4) is 0 Å². The number of guanidine groups is 1. The van der Waals surface area contributed by atoms with Crippen molar-refractivity contribution in [1.82, 2.24) is 20.4 Å². The average Bonchev–Trinajstić information content (AvgIpc) is 3.31. The molecule has 0 radical (unpaired) electrons. The molecule has 0 bridgehead atoms. The number of benzene rings is 2. The Morgan fingerprint density at radius 1 is 1.12 bits per heavy atom. The first-order chi connectivity index (χ1) is 15.6.